The van der Waals surface area contributed by atoms with Crippen LogP contribution >= 0.6 is 0 Å². The third kappa shape index (κ3) is 5.43. The summed E-state index contributed by atoms with van der Waals surface area (Å²) in [5.41, 5.74) is 1.38. The highest BCUT2D eigenvalue weighted by Crippen LogP contribution is 2.13. The molecule has 0 fully saturated rings. The van der Waals surface area contributed by atoms with E-state index < -0.39 is 0 Å². The molecule has 2 aromatic carbocycles. The number of phenolic OH excluding ortho intramolecular Hbond substituents is 2. The number of rotatable bonds is 5. The highest BCUT2D eigenvalue weighted by Gasteiger charge is 1.95. The first-order valence-electron chi connectivity index (χ1n) is 6.33. The predicted molar refractivity (Wildman–Crippen MR) is 91.1 cm³/mol. The van der Waals surface area contributed by atoms with Crippen LogP contribution < -0.4 is 0 Å². The van der Waals surface area contributed by atoms with Gasteiger partial charge in [-0.05, 0) is 24.3 Å². The molecular formula is C16H19AlN2O2. The zero-order chi connectivity index (χ0) is 14.2. The van der Waals surface area contributed by atoms with Crippen molar-refractivity contribution in [3.05, 3.63) is 59.7 Å². The van der Waals surface area contributed by atoms with Crippen LogP contribution in [0.15, 0.2) is 58.5 Å². The van der Waals surface area contributed by atoms with Gasteiger partial charge in [0.25, 0.3) is 0 Å². The molecule has 0 saturated heterocycles. The summed E-state index contributed by atoms with van der Waals surface area (Å²) in [5.74, 6) is 0.433. The van der Waals surface area contributed by atoms with Crippen LogP contribution in [0, 0.1) is 0 Å². The van der Waals surface area contributed by atoms with E-state index in [0.29, 0.717) is 24.2 Å². The molecule has 0 amide bonds. The quantitative estimate of drug-likeness (QED) is 0.498. The summed E-state index contributed by atoms with van der Waals surface area (Å²) in [6.07, 6.45) is 3.26. The number of nitrogens with zero attached hydrogens (tertiary/aromatic N) is 2. The van der Waals surface area contributed by atoms with Gasteiger partial charge in [-0.1, -0.05) is 24.3 Å². The Kier molecular flexibility index (Phi) is 7.24. The average Bonchev–Trinajstić information content (AvgIpc) is 2.46. The van der Waals surface area contributed by atoms with Gasteiger partial charge in [0, 0.05) is 23.6 Å². The first-order chi connectivity index (χ1) is 9.77. The van der Waals surface area contributed by atoms with E-state index in [1.807, 2.05) is 12.1 Å². The van der Waals surface area contributed by atoms with Gasteiger partial charge in [-0.15, -0.1) is 0 Å². The Hall–Kier alpha value is -2.09. The Morgan fingerprint density at radius 1 is 0.714 bits per heavy atom. The second kappa shape index (κ2) is 8.96. The number of benzene rings is 2. The Bertz CT molecular complexity index is 572. The summed E-state index contributed by atoms with van der Waals surface area (Å²) >= 11 is 0. The van der Waals surface area contributed by atoms with Crippen LogP contribution in [-0.2, 0) is 0 Å². The van der Waals surface area contributed by atoms with Crippen molar-refractivity contribution in [1.29, 1.82) is 0 Å². The molecule has 0 aliphatic carbocycles. The molecule has 0 bridgehead atoms. The molecule has 21 heavy (non-hydrogen) atoms. The van der Waals surface area contributed by atoms with Crippen molar-refractivity contribution in [2.24, 2.45) is 9.98 Å². The van der Waals surface area contributed by atoms with Crippen molar-refractivity contribution in [1.82, 2.24) is 0 Å². The molecule has 0 aliphatic heterocycles. The van der Waals surface area contributed by atoms with Crippen molar-refractivity contribution in [3.8, 4) is 11.5 Å². The first-order valence-corrected chi connectivity index (χ1v) is 6.33. The summed E-state index contributed by atoms with van der Waals surface area (Å²) in [4.78, 5) is 8.39. The Morgan fingerprint density at radius 3 is 1.48 bits per heavy atom. The molecule has 0 saturated carbocycles. The van der Waals surface area contributed by atoms with E-state index in [4.69, 9.17) is 0 Å². The lowest BCUT2D eigenvalue weighted by Crippen LogP contribution is -1.91. The van der Waals surface area contributed by atoms with Crippen LogP contribution in [0.2, 0.25) is 0 Å². The third-order valence-corrected chi connectivity index (χ3v) is 2.69. The topological polar surface area (TPSA) is 65.2 Å². The molecule has 0 aromatic heterocycles. The summed E-state index contributed by atoms with van der Waals surface area (Å²) in [6, 6.07) is 14.1. The predicted octanol–water partition coefficient (Wildman–Crippen LogP) is 1.45. The van der Waals surface area contributed by atoms with Crippen molar-refractivity contribution in [2.75, 3.05) is 13.1 Å². The van der Waals surface area contributed by atoms with Gasteiger partial charge < -0.3 is 10.2 Å². The summed E-state index contributed by atoms with van der Waals surface area (Å²) in [5, 5.41) is 19.1. The first kappa shape index (κ1) is 17.0. The number of hydrogen-bond donors (Lipinski definition) is 2. The van der Waals surface area contributed by atoms with E-state index in [1.54, 1.807) is 48.8 Å². The van der Waals surface area contributed by atoms with Gasteiger partial charge >= 0.3 is 0 Å². The monoisotopic (exact) mass is 298 g/mol. The average molecular weight is 298 g/mol. The molecule has 4 nitrogen and oxygen atoms in total. The van der Waals surface area contributed by atoms with Crippen molar-refractivity contribution in [3.63, 3.8) is 0 Å². The third-order valence-electron chi connectivity index (χ3n) is 2.69. The standard InChI is InChI=1S/C16H16N2O2.Al.3H/c19-15-7-3-1-5-13(15)11-17-9-10-18-12-14-6-2-4-8-16(14)20;;;;/h1-8,11-12,19-20H,9-10H2;;;;/b17-11+,18-12+;;;;. The van der Waals surface area contributed by atoms with Crippen LogP contribution in [0.25, 0.3) is 0 Å². The number of aliphatic imine (C=N–C) groups is 2. The molecule has 0 spiro atoms. The largest absolute Gasteiger partial charge is 0.507 e. The van der Waals surface area contributed by atoms with Crippen LogP contribution in [0.3, 0.4) is 0 Å². The number of aromatic hydroxyl groups is 2. The molecule has 5 heteroatoms. The van der Waals surface area contributed by atoms with E-state index in [2.05, 4.69) is 9.98 Å². The summed E-state index contributed by atoms with van der Waals surface area (Å²) in [7, 11) is 0. The highest BCUT2D eigenvalue weighted by atomic mass is 27.0. The van der Waals surface area contributed by atoms with E-state index in [9.17, 15) is 10.2 Å². The van der Waals surface area contributed by atoms with Crippen LogP contribution in [0.4, 0.5) is 0 Å². The maximum Gasteiger partial charge on any atom is 0.187 e. The van der Waals surface area contributed by atoms with Crippen LogP contribution in [0.5, 0.6) is 11.5 Å². The number of phenols is 2. The second-order valence-corrected chi connectivity index (χ2v) is 4.19. The van der Waals surface area contributed by atoms with Gasteiger partial charge in [-0.25, -0.2) is 0 Å². The van der Waals surface area contributed by atoms with Gasteiger partial charge in [-0.2, -0.15) is 0 Å². The van der Waals surface area contributed by atoms with Gasteiger partial charge in [0.1, 0.15) is 11.5 Å². The smallest absolute Gasteiger partial charge is 0.187 e. The number of hydrogen-bond acceptors (Lipinski definition) is 4. The van der Waals surface area contributed by atoms with Gasteiger partial charge in [0.15, 0.2) is 17.4 Å². The molecular weight excluding hydrogens is 279 g/mol. The minimum Gasteiger partial charge on any atom is -0.507 e. The van der Waals surface area contributed by atoms with Gasteiger partial charge in [-0.3, -0.25) is 9.98 Å². The zero-order valence-electron chi connectivity index (χ0n) is 11.0. The maximum atomic E-state index is 9.54. The normalized spacial score (nSPS) is 10.9. The second-order valence-electron chi connectivity index (χ2n) is 4.19. The fourth-order valence-corrected chi connectivity index (χ4v) is 1.63. The maximum absolute atomic E-state index is 9.54. The molecule has 108 valence electrons. The molecule has 2 aromatic rings. The molecule has 0 atom stereocenters. The van der Waals surface area contributed by atoms with E-state index in [-0.39, 0.29) is 28.9 Å². The fraction of sp³-hybridized carbons (Fsp3) is 0.125. The van der Waals surface area contributed by atoms with Crippen LogP contribution in [0.1, 0.15) is 11.1 Å². The molecule has 0 radical (unpaired) electrons. The molecule has 2 rings (SSSR count). The molecule has 0 heterocycles. The lowest BCUT2D eigenvalue weighted by atomic mass is 10.2. The van der Waals surface area contributed by atoms with Crippen LogP contribution in [-0.4, -0.2) is 53.1 Å². The molecule has 0 unspecified atom stereocenters. The highest BCUT2D eigenvalue weighted by molar-refractivity contribution is 5.84. The van der Waals surface area contributed by atoms with Gasteiger partial charge in [0.2, 0.25) is 0 Å². The SMILES string of the molecule is Oc1ccccc1/C=N/CC/N=C/c1ccccc1O.[AlH3]. The lowest BCUT2D eigenvalue weighted by molar-refractivity contribution is 0.474. The van der Waals surface area contributed by atoms with E-state index in [1.165, 1.54) is 0 Å². The van der Waals surface area contributed by atoms with Crippen molar-refractivity contribution < 1.29 is 10.2 Å². The van der Waals surface area contributed by atoms with E-state index in [0.717, 1.165) is 0 Å². The minimum absolute atomic E-state index is 0. The summed E-state index contributed by atoms with van der Waals surface area (Å²) < 4.78 is 0. The van der Waals surface area contributed by atoms with Crippen molar-refractivity contribution >= 4 is 29.8 Å². The fourth-order valence-electron chi connectivity index (χ4n) is 1.63. The molecule has 2 N–H and O–H groups in total. The van der Waals surface area contributed by atoms with Gasteiger partial charge in [0.05, 0.1) is 13.1 Å². The lowest BCUT2D eigenvalue weighted by Gasteiger charge is -1.97. The Morgan fingerprint density at radius 2 is 1.10 bits per heavy atom. The van der Waals surface area contributed by atoms with Crippen molar-refractivity contribution in [2.45, 2.75) is 0 Å². The Labute approximate surface area is 134 Å². The van der Waals surface area contributed by atoms with E-state index >= 15 is 0 Å². The molecule has 0 aliphatic rings. The zero-order valence-corrected chi connectivity index (χ0v) is 11.0. The summed E-state index contributed by atoms with van der Waals surface area (Å²) in [6.45, 7) is 1.05. The number of para-hydroxylation sites is 2. The Balaban J connectivity index is 0.00000220. The minimum atomic E-state index is 0.